The lowest BCUT2D eigenvalue weighted by molar-refractivity contribution is 0.451. The van der Waals surface area contributed by atoms with Crippen molar-refractivity contribution in [3.05, 3.63) is 35.4 Å². The smallest absolute Gasteiger partial charge is 0.142 e. The van der Waals surface area contributed by atoms with Crippen LogP contribution >= 0.6 is 0 Å². The molecule has 5 N–H and O–H groups in total. The van der Waals surface area contributed by atoms with Crippen molar-refractivity contribution in [3.8, 4) is 28.8 Å². The van der Waals surface area contributed by atoms with Crippen molar-refractivity contribution in [2.75, 3.05) is 18.8 Å². The van der Waals surface area contributed by atoms with E-state index in [0.29, 0.717) is 16.8 Å². The average Bonchev–Trinajstić information content (AvgIpc) is 2.55. The van der Waals surface area contributed by atoms with Crippen molar-refractivity contribution in [1.82, 2.24) is 10.3 Å². The number of phenols is 2. The number of aromatic nitrogens is 1. The lowest BCUT2D eigenvalue weighted by Gasteiger charge is -2.24. The summed E-state index contributed by atoms with van der Waals surface area (Å²) < 4.78 is 0. The molecular formula is C17H18N4O2. The third-order valence-electron chi connectivity index (χ3n) is 4.18. The Kier molecular flexibility index (Phi) is 4.04. The molecule has 2 heterocycles. The molecule has 6 nitrogen and oxygen atoms in total. The molecule has 0 amide bonds. The minimum Gasteiger partial charge on any atom is -0.508 e. The van der Waals surface area contributed by atoms with Gasteiger partial charge in [0.1, 0.15) is 23.4 Å². The van der Waals surface area contributed by atoms with Crippen LogP contribution in [0, 0.1) is 11.3 Å². The second kappa shape index (κ2) is 6.15. The van der Waals surface area contributed by atoms with E-state index >= 15 is 0 Å². The van der Waals surface area contributed by atoms with Crippen LogP contribution in [0.3, 0.4) is 0 Å². The van der Waals surface area contributed by atoms with Gasteiger partial charge in [-0.25, -0.2) is 4.98 Å². The Balaban J connectivity index is 2.12. The Labute approximate surface area is 134 Å². The van der Waals surface area contributed by atoms with Gasteiger partial charge in [0.05, 0.1) is 11.3 Å². The molecule has 118 valence electrons. The monoisotopic (exact) mass is 310 g/mol. The van der Waals surface area contributed by atoms with Gasteiger partial charge in [-0.3, -0.25) is 0 Å². The number of nitrogens with zero attached hydrogens (tertiary/aromatic N) is 2. The minimum absolute atomic E-state index is 0.0235. The average molecular weight is 310 g/mol. The molecule has 2 aromatic rings. The zero-order chi connectivity index (χ0) is 16.4. The standard InChI is InChI=1S/C17H18N4O2/c18-8-14-13(10-2-1-5-20-9-10)7-15(21-17(14)19)12-4-3-11(22)6-16(12)23/h3-4,6-7,10,20,22-23H,1-2,5,9H2,(H2,19,21). The predicted molar refractivity (Wildman–Crippen MR) is 87.0 cm³/mol. The van der Waals surface area contributed by atoms with E-state index in [2.05, 4.69) is 16.4 Å². The minimum atomic E-state index is -0.0747. The molecule has 3 rings (SSSR count). The third kappa shape index (κ3) is 2.91. The molecule has 0 aliphatic carbocycles. The number of pyridine rings is 1. The van der Waals surface area contributed by atoms with Crippen LogP contribution < -0.4 is 11.1 Å². The fourth-order valence-corrected chi connectivity index (χ4v) is 3.02. The van der Waals surface area contributed by atoms with Gasteiger partial charge in [0, 0.05) is 18.2 Å². The van der Waals surface area contributed by atoms with Gasteiger partial charge in [-0.15, -0.1) is 0 Å². The van der Waals surface area contributed by atoms with Gasteiger partial charge in [0.2, 0.25) is 0 Å². The van der Waals surface area contributed by atoms with E-state index in [1.807, 2.05) is 6.07 Å². The van der Waals surface area contributed by atoms with Gasteiger partial charge >= 0.3 is 0 Å². The molecule has 0 radical (unpaired) electrons. The number of nitrogens with one attached hydrogen (secondary N) is 1. The molecule has 1 aromatic heterocycles. The molecule has 1 saturated heterocycles. The third-order valence-corrected chi connectivity index (χ3v) is 4.18. The van der Waals surface area contributed by atoms with Crippen LogP contribution in [0.15, 0.2) is 24.3 Å². The fraction of sp³-hybridized carbons (Fsp3) is 0.294. The highest BCUT2D eigenvalue weighted by molar-refractivity contribution is 5.72. The zero-order valence-corrected chi connectivity index (χ0v) is 12.6. The van der Waals surface area contributed by atoms with E-state index in [9.17, 15) is 15.5 Å². The van der Waals surface area contributed by atoms with Crippen LogP contribution in [0.1, 0.15) is 29.9 Å². The summed E-state index contributed by atoms with van der Waals surface area (Å²) in [5.74, 6) is 0.263. The molecule has 1 aliphatic heterocycles. The number of nitrogens with two attached hydrogens (primary N) is 1. The number of hydrogen-bond donors (Lipinski definition) is 4. The summed E-state index contributed by atoms with van der Waals surface area (Å²) in [6.07, 6.45) is 2.02. The number of rotatable bonds is 2. The molecule has 6 heteroatoms. The highest BCUT2D eigenvalue weighted by Crippen LogP contribution is 2.36. The molecule has 1 atom stereocenters. The van der Waals surface area contributed by atoms with Crippen LogP contribution in [0.4, 0.5) is 5.82 Å². The van der Waals surface area contributed by atoms with E-state index in [-0.39, 0.29) is 23.2 Å². The lowest BCUT2D eigenvalue weighted by Crippen LogP contribution is -2.29. The van der Waals surface area contributed by atoms with Gasteiger partial charge in [0.15, 0.2) is 0 Å². The van der Waals surface area contributed by atoms with Crippen LogP contribution in [-0.2, 0) is 0 Å². The maximum Gasteiger partial charge on any atom is 0.142 e. The number of nitriles is 1. The molecular weight excluding hydrogens is 292 g/mol. The van der Waals surface area contributed by atoms with Crippen LogP contribution in [0.5, 0.6) is 11.5 Å². The van der Waals surface area contributed by atoms with Gasteiger partial charge in [0.25, 0.3) is 0 Å². The summed E-state index contributed by atoms with van der Waals surface area (Å²) >= 11 is 0. The summed E-state index contributed by atoms with van der Waals surface area (Å²) in [4.78, 5) is 4.25. The van der Waals surface area contributed by atoms with Gasteiger partial charge in [-0.1, -0.05) is 0 Å². The van der Waals surface area contributed by atoms with Crippen molar-refractivity contribution in [1.29, 1.82) is 5.26 Å². The number of phenolic OH excluding ortho intramolecular Hbond substituents is 2. The number of anilines is 1. The first-order valence-electron chi connectivity index (χ1n) is 7.53. The highest BCUT2D eigenvalue weighted by Gasteiger charge is 2.22. The molecule has 1 unspecified atom stereocenters. The van der Waals surface area contributed by atoms with E-state index < -0.39 is 0 Å². The summed E-state index contributed by atoms with van der Waals surface area (Å²) in [7, 11) is 0. The topological polar surface area (TPSA) is 115 Å². The molecule has 1 fully saturated rings. The molecule has 0 saturated carbocycles. The second-order valence-corrected chi connectivity index (χ2v) is 5.71. The first kappa shape index (κ1) is 15.1. The molecule has 1 aliphatic rings. The van der Waals surface area contributed by atoms with Crippen LogP contribution in [-0.4, -0.2) is 28.3 Å². The number of piperidine rings is 1. The Morgan fingerprint density at radius 2 is 2.13 bits per heavy atom. The molecule has 0 spiro atoms. The van der Waals surface area contributed by atoms with E-state index in [1.165, 1.54) is 12.1 Å². The number of aromatic hydroxyl groups is 2. The van der Waals surface area contributed by atoms with E-state index in [0.717, 1.165) is 31.5 Å². The van der Waals surface area contributed by atoms with Gasteiger partial charge in [-0.05, 0) is 49.1 Å². The lowest BCUT2D eigenvalue weighted by atomic mass is 9.88. The van der Waals surface area contributed by atoms with Crippen LogP contribution in [0.2, 0.25) is 0 Å². The Hall–Kier alpha value is -2.78. The number of hydrogen-bond acceptors (Lipinski definition) is 6. The molecule has 0 bridgehead atoms. The first-order valence-corrected chi connectivity index (χ1v) is 7.53. The van der Waals surface area contributed by atoms with E-state index in [4.69, 9.17) is 5.73 Å². The maximum atomic E-state index is 10.0. The largest absolute Gasteiger partial charge is 0.508 e. The Bertz CT molecular complexity index is 777. The van der Waals surface area contributed by atoms with Gasteiger partial charge in [-0.2, -0.15) is 5.26 Å². The maximum absolute atomic E-state index is 10.0. The Morgan fingerprint density at radius 1 is 1.30 bits per heavy atom. The van der Waals surface area contributed by atoms with Gasteiger partial charge < -0.3 is 21.3 Å². The van der Waals surface area contributed by atoms with Crippen molar-refractivity contribution in [2.24, 2.45) is 0 Å². The quantitative estimate of drug-likeness (QED) is 0.675. The first-order chi connectivity index (χ1) is 11.1. The second-order valence-electron chi connectivity index (χ2n) is 5.71. The zero-order valence-electron chi connectivity index (χ0n) is 12.6. The van der Waals surface area contributed by atoms with Crippen molar-refractivity contribution >= 4 is 5.82 Å². The summed E-state index contributed by atoms with van der Waals surface area (Å²) in [6.45, 7) is 1.77. The SMILES string of the molecule is N#Cc1c(C2CCCNC2)cc(-c2ccc(O)cc2O)nc1N. The number of nitrogen functional groups attached to an aromatic ring is 1. The van der Waals surface area contributed by atoms with Crippen molar-refractivity contribution in [3.63, 3.8) is 0 Å². The molecule has 23 heavy (non-hydrogen) atoms. The number of benzene rings is 1. The predicted octanol–water partition coefficient (Wildman–Crippen LogP) is 2.08. The Morgan fingerprint density at radius 3 is 2.78 bits per heavy atom. The van der Waals surface area contributed by atoms with Crippen molar-refractivity contribution < 1.29 is 10.2 Å². The van der Waals surface area contributed by atoms with Crippen LogP contribution in [0.25, 0.3) is 11.3 Å². The molecule has 1 aromatic carbocycles. The normalized spacial score (nSPS) is 17.6. The summed E-state index contributed by atoms with van der Waals surface area (Å²) in [5.41, 5.74) is 8.21. The summed E-state index contributed by atoms with van der Waals surface area (Å²) in [6, 6.07) is 8.28. The highest BCUT2D eigenvalue weighted by atomic mass is 16.3. The van der Waals surface area contributed by atoms with Crippen molar-refractivity contribution in [2.45, 2.75) is 18.8 Å². The fourth-order valence-electron chi connectivity index (χ4n) is 3.02. The summed E-state index contributed by atoms with van der Waals surface area (Å²) in [5, 5.41) is 32.2. The van der Waals surface area contributed by atoms with E-state index in [1.54, 1.807) is 6.07 Å².